The molecule has 2 heterocycles. The minimum Gasteiger partial charge on any atom is -0.468 e. The number of rotatable bonds is 7. The average Bonchev–Trinajstić information content (AvgIpc) is 3.42. The van der Waals surface area contributed by atoms with E-state index < -0.39 is 15.9 Å². The first-order valence-corrected chi connectivity index (χ1v) is 12.1. The molecule has 0 fully saturated rings. The summed E-state index contributed by atoms with van der Waals surface area (Å²) in [4.78, 5) is 17.4. The third-order valence-corrected chi connectivity index (χ3v) is 7.78. The molecule has 0 saturated heterocycles. The molecule has 0 atom stereocenters. The Bertz CT molecular complexity index is 1480. The maximum atomic E-state index is 13.6. The summed E-state index contributed by atoms with van der Waals surface area (Å²) in [5, 5.41) is 0. The van der Waals surface area contributed by atoms with Crippen LogP contribution in [0.5, 0.6) is 0 Å². The predicted octanol–water partition coefficient (Wildman–Crippen LogP) is 4.18. The molecule has 0 unspecified atom stereocenters. The second-order valence-corrected chi connectivity index (χ2v) is 10.2. The Balaban J connectivity index is 1.62. The largest absolute Gasteiger partial charge is 0.468 e. The zero-order chi connectivity index (χ0) is 23.6. The highest BCUT2D eigenvalue weighted by Gasteiger charge is 2.22. The lowest BCUT2D eigenvalue weighted by molar-refractivity contribution is 0.0997. The van der Waals surface area contributed by atoms with Crippen LogP contribution in [0, 0.1) is 5.82 Å². The van der Waals surface area contributed by atoms with Crippen molar-refractivity contribution in [2.24, 2.45) is 4.99 Å². The SMILES string of the molecule is C=CCn1c(=NC(=O)c2ccc(S(=O)(=O)N(C)Cc3ccco3)cc2)sc2cc(F)ccc21. The number of carbonyl (C=O) groups is 1. The van der Waals surface area contributed by atoms with Crippen molar-refractivity contribution in [1.82, 2.24) is 8.87 Å². The van der Waals surface area contributed by atoms with Crippen molar-refractivity contribution in [1.29, 1.82) is 0 Å². The van der Waals surface area contributed by atoms with Crippen LogP contribution in [0.15, 0.2) is 87.8 Å². The zero-order valence-electron chi connectivity index (χ0n) is 17.6. The highest BCUT2D eigenvalue weighted by atomic mass is 32.2. The van der Waals surface area contributed by atoms with Crippen molar-refractivity contribution >= 4 is 37.5 Å². The van der Waals surface area contributed by atoms with Crippen LogP contribution in [-0.2, 0) is 23.1 Å². The van der Waals surface area contributed by atoms with Crippen molar-refractivity contribution in [2.75, 3.05) is 7.05 Å². The lowest BCUT2D eigenvalue weighted by Crippen LogP contribution is -2.26. The third kappa shape index (κ3) is 4.72. The van der Waals surface area contributed by atoms with Gasteiger partial charge in [0, 0.05) is 19.2 Å². The number of sulfonamides is 1. The van der Waals surface area contributed by atoms with Gasteiger partial charge in [0.05, 0.1) is 27.9 Å². The van der Waals surface area contributed by atoms with Gasteiger partial charge in [-0.15, -0.1) is 6.58 Å². The molecule has 33 heavy (non-hydrogen) atoms. The number of carbonyl (C=O) groups excluding carboxylic acids is 1. The molecule has 2 aromatic heterocycles. The number of nitrogens with zero attached hydrogens (tertiary/aromatic N) is 3. The predicted molar refractivity (Wildman–Crippen MR) is 124 cm³/mol. The van der Waals surface area contributed by atoms with E-state index in [1.807, 2.05) is 0 Å². The minimum absolute atomic E-state index is 0.0483. The van der Waals surface area contributed by atoms with E-state index in [2.05, 4.69) is 11.6 Å². The second kappa shape index (κ2) is 9.26. The first kappa shape index (κ1) is 22.8. The van der Waals surface area contributed by atoms with Gasteiger partial charge in [-0.3, -0.25) is 4.79 Å². The number of benzene rings is 2. The van der Waals surface area contributed by atoms with E-state index in [-0.39, 0.29) is 22.8 Å². The van der Waals surface area contributed by atoms with E-state index in [0.29, 0.717) is 21.8 Å². The molecule has 0 aliphatic heterocycles. The fourth-order valence-corrected chi connectivity index (χ4v) is 5.45. The molecule has 0 radical (unpaired) electrons. The summed E-state index contributed by atoms with van der Waals surface area (Å²) in [6.07, 6.45) is 3.14. The van der Waals surface area contributed by atoms with E-state index in [1.165, 1.54) is 65.4 Å². The molecule has 4 rings (SSSR count). The molecular formula is C23H20FN3O4S2. The Morgan fingerprint density at radius 2 is 2.00 bits per heavy atom. The number of hydrogen-bond acceptors (Lipinski definition) is 5. The van der Waals surface area contributed by atoms with Crippen LogP contribution < -0.4 is 4.80 Å². The Morgan fingerprint density at radius 1 is 1.24 bits per heavy atom. The van der Waals surface area contributed by atoms with Gasteiger partial charge in [0.1, 0.15) is 11.6 Å². The Kier molecular flexibility index (Phi) is 6.41. The lowest BCUT2D eigenvalue weighted by atomic mass is 10.2. The normalized spacial score (nSPS) is 12.5. The third-order valence-electron chi connectivity index (χ3n) is 4.92. The molecule has 0 aliphatic carbocycles. The number of halogens is 1. The van der Waals surface area contributed by atoms with Crippen molar-refractivity contribution in [2.45, 2.75) is 18.0 Å². The van der Waals surface area contributed by atoms with Crippen LogP contribution in [-0.4, -0.2) is 30.2 Å². The molecule has 0 N–H and O–H groups in total. The van der Waals surface area contributed by atoms with Gasteiger partial charge in [0.2, 0.25) is 10.0 Å². The van der Waals surface area contributed by atoms with Gasteiger partial charge in [0.25, 0.3) is 5.91 Å². The van der Waals surface area contributed by atoms with Gasteiger partial charge >= 0.3 is 0 Å². The van der Waals surface area contributed by atoms with E-state index in [1.54, 1.807) is 28.8 Å². The average molecular weight is 486 g/mol. The van der Waals surface area contributed by atoms with Crippen molar-refractivity contribution in [3.05, 3.63) is 95.5 Å². The van der Waals surface area contributed by atoms with Crippen molar-refractivity contribution in [3.8, 4) is 0 Å². The van der Waals surface area contributed by atoms with Crippen LogP contribution in [0.4, 0.5) is 4.39 Å². The standard InChI is InChI=1S/C23H20FN3O4S2/c1-3-12-27-20-11-8-17(24)14-21(20)32-23(27)25-22(28)16-6-9-19(10-7-16)33(29,30)26(2)15-18-5-4-13-31-18/h3-11,13-14H,1,12,15H2,2H3. The molecule has 2 aromatic carbocycles. The summed E-state index contributed by atoms with van der Waals surface area (Å²) in [6.45, 7) is 4.21. The van der Waals surface area contributed by atoms with E-state index in [9.17, 15) is 17.6 Å². The number of amides is 1. The molecule has 170 valence electrons. The summed E-state index contributed by atoms with van der Waals surface area (Å²) < 4.78 is 48.0. The maximum Gasteiger partial charge on any atom is 0.279 e. The molecule has 0 bridgehead atoms. The highest BCUT2D eigenvalue weighted by molar-refractivity contribution is 7.89. The molecule has 0 spiro atoms. The topological polar surface area (TPSA) is 84.9 Å². The minimum atomic E-state index is -3.77. The number of thiazole rings is 1. The van der Waals surface area contributed by atoms with Crippen molar-refractivity contribution in [3.63, 3.8) is 0 Å². The number of aromatic nitrogens is 1. The van der Waals surface area contributed by atoms with Gasteiger partial charge < -0.3 is 8.98 Å². The second-order valence-electron chi connectivity index (χ2n) is 7.18. The Morgan fingerprint density at radius 3 is 2.67 bits per heavy atom. The van der Waals surface area contributed by atoms with Crippen LogP contribution in [0.1, 0.15) is 16.1 Å². The van der Waals surface area contributed by atoms with Gasteiger partial charge in [-0.2, -0.15) is 9.30 Å². The smallest absolute Gasteiger partial charge is 0.279 e. The molecule has 4 aromatic rings. The van der Waals surface area contributed by atoms with Crippen LogP contribution in [0.25, 0.3) is 10.2 Å². The van der Waals surface area contributed by atoms with Gasteiger partial charge in [-0.1, -0.05) is 17.4 Å². The molecule has 0 aliphatic rings. The molecule has 1 amide bonds. The van der Waals surface area contributed by atoms with Crippen LogP contribution in [0.3, 0.4) is 0 Å². The quantitative estimate of drug-likeness (QED) is 0.368. The first-order valence-electron chi connectivity index (χ1n) is 9.87. The number of hydrogen-bond donors (Lipinski definition) is 0. The molecule has 10 heteroatoms. The first-order chi connectivity index (χ1) is 15.8. The maximum absolute atomic E-state index is 13.6. The van der Waals surface area contributed by atoms with Gasteiger partial charge in [-0.25, -0.2) is 12.8 Å². The molecule has 7 nitrogen and oxygen atoms in total. The lowest BCUT2D eigenvalue weighted by Gasteiger charge is -2.16. The van der Waals surface area contributed by atoms with E-state index in [0.717, 1.165) is 5.52 Å². The van der Waals surface area contributed by atoms with E-state index in [4.69, 9.17) is 4.42 Å². The summed E-state index contributed by atoms with van der Waals surface area (Å²) in [5.74, 6) is -0.392. The monoisotopic (exact) mass is 485 g/mol. The number of allylic oxidation sites excluding steroid dienone is 1. The van der Waals surface area contributed by atoms with Crippen molar-refractivity contribution < 1.29 is 22.0 Å². The fraction of sp³-hybridized carbons (Fsp3) is 0.130. The Labute approximate surface area is 193 Å². The van der Waals surface area contributed by atoms with Gasteiger partial charge in [0.15, 0.2) is 4.80 Å². The number of fused-ring (bicyclic) bond motifs is 1. The highest BCUT2D eigenvalue weighted by Crippen LogP contribution is 2.20. The number of furan rings is 1. The fourth-order valence-electron chi connectivity index (χ4n) is 3.25. The summed E-state index contributed by atoms with van der Waals surface area (Å²) >= 11 is 1.19. The zero-order valence-corrected chi connectivity index (χ0v) is 19.3. The van der Waals surface area contributed by atoms with Gasteiger partial charge in [-0.05, 0) is 54.6 Å². The summed E-state index contributed by atoms with van der Waals surface area (Å²) in [6, 6.07) is 13.3. The van der Waals surface area contributed by atoms with Crippen LogP contribution in [0.2, 0.25) is 0 Å². The molecule has 0 saturated carbocycles. The molecular weight excluding hydrogens is 465 g/mol. The Hall–Kier alpha value is -3.34. The summed E-state index contributed by atoms with van der Waals surface area (Å²) in [7, 11) is -2.32. The summed E-state index contributed by atoms with van der Waals surface area (Å²) in [5.41, 5.74) is 0.977. The van der Waals surface area contributed by atoms with Crippen LogP contribution >= 0.6 is 11.3 Å². The van der Waals surface area contributed by atoms with E-state index >= 15 is 0 Å².